The normalized spacial score (nSPS) is 20.2. The van der Waals surface area contributed by atoms with Gasteiger partial charge in [0.05, 0.1) is 22.3 Å². The van der Waals surface area contributed by atoms with E-state index in [2.05, 4.69) is 16.9 Å². The number of hydrogen-bond donors (Lipinski definition) is 0. The van der Waals surface area contributed by atoms with E-state index in [0.29, 0.717) is 21.8 Å². The van der Waals surface area contributed by atoms with Crippen molar-refractivity contribution in [3.05, 3.63) is 39.9 Å². The van der Waals surface area contributed by atoms with Crippen LogP contribution in [-0.4, -0.2) is 34.6 Å². The maximum absolute atomic E-state index is 12.4. The van der Waals surface area contributed by atoms with Crippen molar-refractivity contribution in [1.29, 1.82) is 0 Å². The van der Waals surface area contributed by atoms with E-state index in [0.717, 1.165) is 26.1 Å². The van der Waals surface area contributed by atoms with Crippen LogP contribution in [0.4, 0.5) is 0 Å². The smallest absolute Gasteiger partial charge is 0.262 e. The van der Waals surface area contributed by atoms with Gasteiger partial charge >= 0.3 is 0 Å². The van der Waals surface area contributed by atoms with Gasteiger partial charge in [0.15, 0.2) is 0 Å². The van der Waals surface area contributed by atoms with Crippen LogP contribution in [0.3, 0.4) is 0 Å². The first-order valence-electron chi connectivity index (χ1n) is 6.47. The number of aromatic nitrogens is 2. The number of hydrogen-bond acceptors (Lipinski definition) is 3. The molecule has 0 bridgehead atoms. The summed E-state index contributed by atoms with van der Waals surface area (Å²) in [6.45, 7) is 2.85. The molecule has 0 spiro atoms. The van der Waals surface area contributed by atoms with Crippen LogP contribution in [0.1, 0.15) is 6.42 Å². The van der Waals surface area contributed by atoms with E-state index < -0.39 is 0 Å². The highest BCUT2D eigenvalue weighted by molar-refractivity contribution is 6.35. The second-order valence-corrected chi connectivity index (χ2v) is 5.66. The Bertz CT molecular complexity index is 667. The summed E-state index contributed by atoms with van der Waals surface area (Å²) in [5.41, 5.74) is 0.627. The molecule has 1 fully saturated rings. The third-order valence-corrected chi connectivity index (χ3v) is 4.06. The summed E-state index contributed by atoms with van der Waals surface area (Å²) in [6, 6.07) is 5.37. The van der Waals surface area contributed by atoms with E-state index in [1.165, 1.54) is 0 Å². The molecule has 1 atom stereocenters. The maximum atomic E-state index is 12.4. The Morgan fingerprint density at radius 1 is 1.47 bits per heavy atom. The maximum Gasteiger partial charge on any atom is 0.262 e. The molecule has 2 aromatic rings. The van der Waals surface area contributed by atoms with E-state index in [1.54, 1.807) is 17.0 Å². The first-order valence-corrected chi connectivity index (χ1v) is 6.85. The second-order valence-electron chi connectivity index (χ2n) is 5.25. The first-order chi connectivity index (χ1) is 9.15. The summed E-state index contributed by atoms with van der Waals surface area (Å²) >= 11 is 6.11. The molecule has 1 aliphatic rings. The highest BCUT2D eigenvalue weighted by atomic mass is 35.5. The van der Waals surface area contributed by atoms with Gasteiger partial charge in [-0.15, -0.1) is 0 Å². The number of halogens is 1. The molecule has 5 heteroatoms. The molecule has 1 saturated heterocycles. The van der Waals surface area contributed by atoms with Gasteiger partial charge in [-0.1, -0.05) is 17.7 Å². The van der Waals surface area contributed by atoms with E-state index >= 15 is 0 Å². The fourth-order valence-electron chi connectivity index (χ4n) is 2.74. The van der Waals surface area contributed by atoms with Crippen LogP contribution in [-0.2, 0) is 6.54 Å². The molecule has 100 valence electrons. The van der Waals surface area contributed by atoms with Crippen LogP contribution in [0.5, 0.6) is 0 Å². The fourth-order valence-corrected chi connectivity index (χ4v) is 2.99. The molecule has 0 saturated carbocycles. The number of benzene rings is 1. The second kappa shape index (κ2) is 4.94. The van der Waals surface area contributed by atoms with Crippen LogP contribution < -0.4 is 5.56 Å². The van der Waals surface area contributed by atoms with Crippen molar-refractivity contribution in [3.8, 4) is 0 Å². The zero-order valence-corrected chi connectivity index (χ0v) is 11.6. The van der Waals surface area contributed by atoms with Gasteiger partial charge in [0, 0.05) is 13.1 Å². The van der Waals surface area contributed by atoms with Gasteiger partial charge in [0.1, 0.15) is 0 Å². The molecule has 19 heavy (non-hydrogen) atoms. The van der Waals surface area contributed by atoms with Crippen molar-refractivity contribution in [1.82, 2.24) is 14.5 Å². The summed E-state index contributed by atoms with van der Waals surface area (Å²) in [5.74, 6) is 0.518. The van der Waals surface area contributed by atoms with Crippen LogP contribution in [0.2, 0.25) is 5.02 Å². The van der Waals surface area contributed by atoms with Crippen molar-refractivity contribution in [2.75, 3.05) is 20.1 Å². The van der Waals surface area contributed by atoms with Gasteiger partial charge in [0.2, 0.25) is 0 Å². The largest absolute Gasteiger partial charge is 0.306 e. The Morgan fingerprint density at radius 3 is 3.05 bits per heavy atom. The number of likely N-dealkylation sites (tertiary alicyclic amines) is 1. The lowest BCUT2D eigenvalue weighted by molar-refractivity contribution is 0.375. The summed E-state index contributed by atoms with van der Waals surface area (Å²) in [6.07, 6.45) is 2.77. The summed E-state index contributed by atoms with van der Waals surface area (Å²) < 4.78 is 1.69. The van der Waals surface area contributed by atoms with Gasteiger partial charge in [-0.05, 0) is 38.1 Å². The van der Waals surface area contributed by atoms with Gasteiger partial charge in [-0.3, -0.25) is 9.36 Å². The van der Waals surface area contributed by atoms with Gasteiger partial charge in [-0.25, -0.2) is 4.98 Å². The molecule has 2 heterocycles. The molecule has 0 N–H and O–H groups in total. The lowest BCUT2D eigenvalue weighted by atomic mass is 10.1. The molecule has 1 aromatic carbocycles. The minimum absolute atomic E-state index is 0.0369. The van der Waals surface area contributed by atoms with E-state index in [1.807, 2.05) is 12.1 Å². The minimum Gasteiger partial charge on any atom is -0.306 e. The monoisotopic (exact) mass is 277 g/mol. The van der Waals surface area contributed by atoms with E-state index in [9.17, 15) is 4.79 Å². The zero-order valence-electron chi connectivity index (χ0n) is 10.8. The Kier molecular flexibility index (Phi) is 3.29. The molecule has 1 unspecified atom stereocenters. The third-order valence-electron chi connectivity index (χ3n) is 3.75. The molecule has 0 aliphatic carbocycles. The molecule has 0 amide bonds. The van der Waals surface area contributed by atoms with Crippen LogP contribution in [0, 0.1) is 5.92 Å². The van der Waals surface area contributed by atoms with Crippen LogP contribution in [0.25, 0.3) is 10.9 Å². The predicted octanol–water partition coefficient (Wildman–Crippen LogP) is 2.00. The lowest BCUT2D eigenvalue weighted by Crippen LogP contribution is -2.26. The highest BCUT2D eigenvalue weighted by Crippen LogP contribution is 2.19. The fraction of sp³-hybridized carbons (Fsp3) is 0.429. The first kappa shape index (κ1) is 12.6. The molecule has 4 nitrogen and oxygen atoms in total. The number of fused-ring (bicyclic) bond motifs is 1. The topological polar surface area (TPSA) is 38.1 Å². The molecule has 1 aliphatic heterocycles. The summed E-state index contributed by atoms with van der Waals surface area (Å²) in [7, 11) is 2.11. The highest BCUT2D eigenvalue weighted by Gasteiger charge is 2.20. The molecule has 3 rings (SSSR count). The number of nitrogens with zero attached hydrogens (tertiary/aromatic N) is 3. The molecular weight excluding hydrogens is 262 g/mol. The average Bonchev–Trinajstić information content (AvgIpc) is 2.78. The Balaban J connectivity index is 1.99. The van der Waals surface area contributed by atoms with Gasteiger partial charge < -0.3 is 4.90 Å². The molecule has 0 radical (unpaired) electrons. The van der Waals surface area contributed by atoms with Gasteiger partial charge in [-0.2, -0.15) is 0 Å². The average molecular weight is 278 g/mol. The van der Waals surface area contributed by atoms with Gasteiger partial charge in [0.25, 0.3) is 5.56 Å². The Morgan fingerprint density at radius 2 is 2.32 bits per heavy atom. The molecular formula is C14H16ClN3O. The zero-order chi connectivity index (χ0) is 13.4. The van der Waals surface area contributed by atoms with Crippen molar-refractivity contribution >= 4 is 22.5 Å². The quantitative estimate of drug-likeness (QED) is 0.843. The van der Waals surface area contributed by atoms with E-state index in [-0.39, 0.29) is 5.56 Å². The predicted molar refractivity (Wildman–Crippen MR) is 76.6 cm³/mol. The standard InChI is InChI=1S/C14H16ClN3O/c1-17-6-5-10(7-17)8-18-9-16-12-4-2-3-11(15)13(12)14(18)19/h2-4,9-10H,5-8H2,1H3. The summed E-state index contributed by atoms with van der Waals surface area (Å²) in [5, 5.41) is 1.01. The van der Waals surface area contributed by atoms with Crippen molar-refractivity contribution < 1.29 is 0 Å². The van der Waals surface area contributed by atoms with Crippen molar-refractivity contribution in [2.45, 2.75) is 13.0 Å². The third kappa shape index (κ3) is 2.38. The minimum atomic E-state index is -0.0369. The van der Waals surface area contributed by atoms with Crippen molar-refractivity contribution in [2.24, 2.45) is 5.92 Å². The van der Waals surface area contributed by atoms with Crippen LogP contribution in [0.15, 0.2) is 29.3 Å². The number of rotatable bonds is 2. The van der Waals surface area contributed by atoms with E-state index in [4.69, 9.17) is 11.6 Å². The van der Waals surface area contributed by atoms with Crippen LogP contribution >= 0.6 is 11.6 Å². The van der Waals surface area contributed by atoms with Crippen molar-refractivity contribution in [3.63, 3.8) is 0 Å². The molecule has 1 aromatic heterocycles. The summed E-state index contributed by atoms with van der Waals surface area (Å²) in [4.78, 5) is 19.1. The lowest BCUT2D eigenvalue weighted by Gasteiger charge is -2.13. The Labute approximate surface area is 116 Å². The Hall–Kier alpha value is -1.39. The SMILES string of the molecule is CN1CCC(Cn2cnc3cccc(Cl)c3c2=O)C1.